The Hall–Kier alpha value is -3.90. The van der Waals surface area contributed by atoms with Crippen LogP contribution in [0, 0.1) is 17.5 Å². The van der Waals surface area contributed by atoms with Crippen molar-refractivity contribution in [1.29, 1.82) is 0 Å². The lowest BCUT2D eigenvalue weighted by molar-refractivity contribution is 0.108. The largest absolute Gasteiger partial charge is 0.508 e. The van der Waals surface area contributed by atoms with Crippen molar-refractivity contribution in [3.8, 4) is 28.9 Å². The Bertz CT molecular complexity index is 1750. The summed E-state index contributed by atoms with van der Waals surface area (Å²) in [4.78, 5) is 18.4. The fourth-order valence-electron chi connectivity index (χ4n) is 7.25. The number of fused-ring (bicyclic) bond motifs is 4. The van der Waals surface area contributed by atoms with Crippen LogP contribution in [-0.4, -0.2) is 82.5 Å². The second-order valence-corrected chi connectivity index (χ2v) is 11.7. The number of ether oxygens (including phenoxy) is 2. The number of phenolic OH excluding ortho intramolecular Hbond substituents is 1. The second-order valence-electron chi connectivity index (χ2n) is 11.7. The highest BCUT2D eigenvalue weighted by Gasteiger charge is 2.45. The van der Waals surface area contributed by atoms with Crippen LogP contribution in [0.15, 0.2) is 24.3 Å². The number of piperazine rings is 1. The Morgan fingerprint density at radius 3 is 2.50 bits per heavy atom. The van der Waals surface area contributed by atoms with Crippen molar-refractivity contribution in [3.05, 3.63) is 41.7 Å². The number of aromatic nitrogens is 3. The van der Waals surface area contributed by atoms with E-state index in [1.54, 1.807) is 0 Å². The van der Waals surface area contributed by atoms with Crippen LogP contribution in [0.2, 0.25) is 0 Å². The molecule has 0 saturated carbocycles. The van der Waals surface area contributed by atoms with Gasteiger partial charge < -0.3 is 24.8 Å². The first-order valence-electron chi connectivity index (χ1n) is 16.4. The summed E-state index contributed by atoms with van der Waals surface area (Å²) in [6.45, 7) is 12.7. The minimum atomic E-state index is -1.16. The van der Waals surface area contributed by atoms with Crippen molar-refractivity contribution in [2.75, 3.05) is 50.8 Å². The maximum atomic E-state index is 16.7. The SMILES string of the molecule is CC.CC.Oc1cc(-c2nc3c4c(nc(OCC56CCCN5CCC6)nc4c2F)N2CCNC[C@H]2CO3)c2c(F)c(F)ccc2c1. The van der Waals surface area contributed by atoms with Crippen LogP contribution in [-0.2, 0) is 0 Å². The average molecular weight is 639 g/mol. The van der Waals surface area contributed by atoms with Crippen LogP contribution >= 0.6 is 0 Å². The number of anilines is 1. The average Bonchev–Trinajstić information content (AvgIpc) is 3.63. The number of rotatable bonds is 4. The molecule has 3 fully saturated rings. The normalized spacial score (nSPS) is 19.7. The van der Waals surface area contributed by atoms with Crippen LogP contribution in [0.4, 0.5) is 19.0 Å². The molecule has 2 aromatic heterocycles. The molecule has 2 N–H and O–H groups in total. The highest BCUT2D eigenvalue weighted by atomic mass is 19.2. The van der Waals surface area contributed by atoms with Gasteiger partial charge in [0.2, 0.25) is 5.88 Å². The maximum Gasteiger partial charge on any atom is 0.319 e. The standard InChI is InChI=1S/C30H29F3N6O3.2C2H6/c31-20-4-3-16-11-18(40)12-19(21(16)23(20)32)25-24(33)26-22-27(39-10-7-34-13-17(39)14-41-28(22)35-25)37-29(36-26)42-15-30-5-1-8-38(30)9-2-6-30;2*1-2/h3-4,11-12,17,34,40H,1-2,5-10,13-15H2;2*1-2H3/t17-;;/m0../s1. The number of pyridine rings is 1. The van der Waals surface area contributed by atoms with Crippen molar-refractivity contribution in [3.63, 3.8) is 0 Å². The molecule has 0 spiro atoms. The van der Waals surface area contributed by atoms with E-state index in [9.17, 15) is 9.50 Å². The van der Waals surface area contributed by atoms with Gasteiger partial charge in [-0.15, -0.1) is 0 Å². The molecule has 12 heteroatoms. The van der Waals surface area contributed by atoms with Crippen LogP contribution in [0.5, 0.6) is 17.6 Å². The zero-order chi connectivity index (χ0) is 32.6. The van der Waals surface area contributed by atoms with Gasteiger partial charge in [-0.05, 0) is 62.4 Å². The zero-order valence-electron chi connectivity index (χ0n) is 26.8. The first-order chi connectivity index (χ1) is 22.4. The van der Waals surface area contributed by atoms with Gasteiger partial charge in [0.15, 0.2) is 17.5 Å². The van der Waals surface area contributed by atoms with Gasteiger partial charge in [-0.3, -0.25) is 4.90 Å². The lowest BCUT2D eigenvalue weighted by atomic mass is 9.95. The predicted octanol–water partition coefficient (Wildman–Crippen LogP) is 6.20. The van der Waals surface area contributed by atoms with E-state index in [0.717, 1.165) is 44.8 Å². The quantitative estimate of drug-likeness (QED) is 0.271. The summed E-state index contributed by atoms with van der Waals surface area (Å²) in [5, 5.41) is 14.1. The molecule has 8 rings (SSSR count). The number of aromatic hydroxyl groups is 1. The topological polar surface area (TPSA) is 95.9 Å². The minimum Gasteiger partial charge on any atom is -0.508 e. The van der Waals surface area contributed by atoms with Gasteiger partial charge in [-0.25, -0.2) is 18.2 Å². The molecule has 1 atom stereocenters. The molecule has 9 nitrogen and oxygen atoms in total. The minimum absolute atomic E-state index is 0.0461. The third-order valence-corrected chi connectivity index (χ3v) is 9.28. The summed E-state index contributed by atoms with van der Waals surface area (Å²) >= 11 is 0. The lowest BCUT2D eigenvalue weighted by Gasteiger charge is -2.35. The number of halogens is 3. The highest BCUT2D eigenvalue weighted by molar-refractivity contribution is 6.02. The van der Waals surface area contributed by atoms with Crippen molar-refractivity contribution in [1.82, 2.24) is 25.2 Å². The molecule has 246 valence electrons. The third kappa shape index (κ3) is 5.34. The van der Waals surface area contributed by atoms with E-state index < -0.39 is 17.5 Å². The van der Waals surface area contributed by atoms with E-state index >= 15 is 8.78 Å². The smallest absolute Gasteiger partial charge is 0.319 e. The number of hydrogen-bond acceptors (Lipinski definition) is 9. The van der Waals surface area contributed by atoms with Crippen molar-refractivity contribution < 1.29 is 27.8 Å². The van der Waals surface area contributed by atoms with Crippen molar-refractivity contribution in [2.24, 2.45) is 0 Å². The molecular formula is C34H41F3N6O3. The Labute approximate surface area is 266 Å². The van der Waals surface area contributed by atoms with Gasteiger partial charge >= 0.3 is 6.01 Å². The summed E-state index contributed by atoms with van der Waals surface area (Å²) in [7, 11) is 0. The molecule has 2 aromatic carbocycles. The molecular weight excluding hydrogens is 597 g/mol. The van der Waals surface area contributed by atoms with Gasteiger partial charge in [-0.1, -0.05) is 33.8 Å². The van der Waals surface area contributed by atoms with Gasteiger partial charge in [-0.2, -0.15) is 9.97 Å². The summed E-state index contributed by atoms with van der Waals surface area (Å²) in [6, 6.07) is 4.70. The summed E-state index contributed by atoms with van der Waals surface area (Å²) in [5.74, 6) is -2.81. The van der Waals surface area contributed by atoms with E-state index in [0.29, 0.717) is 37.4 Å². The van der Waals surface area contributed by atoms with Gasteiger partial charge in [0.05, 0.1) is 11.6 Å². The molecule has 4 aliphatic heterocycles. The molecule has 4 aromatic rings. The van der Waals surface area contributed by atoms with E-state index in [-0.39, 0.29) is 63.4 Å². The van der Waals surface area contributed by atoms with Crippen molar-refractivity contribution in [2.45, 2.75) is 65.0 Å². The molecule has 0 amide bonds. The number of phenols is 1. The summed E-state index contributed by atoms with van der Waals surface area (Å²) in [6.07, 6.45) is 4.27. The third-order valence-electron chi connectivity index (χ3n) is 9.28. The molecule has 0 aliphatic carbocycles. The summed E-state index contributed by atoms with van der Waals surface area (Å²) < 4.78 is 58.6. The van der Waals surface area contributed by atoms with Crippen LogP contribution in [0.1, 0.15) is 53.4 Å². The van der Waals surface area contributed by atoms with E-state index in [1.807, 2.05) is 27.7 Å². The Balaban J connectivity index is 0.000000896. The molecule has 4 aliphatic rings. The van der Waals surface area contributed by atoms with E-state index in [1.165, 1.54) is 18.2 Å². The zero-order valence-corrected chi connectivity index (χ0v) is 26.8. The Morgan fingerprint density at radius 1 is 0.978 bits per heavy atom. The molecule has 0 radical (unpaired) electrons. The number of hydrogen-bond donors (Lipinski definition) is 2. The molecule has 0 unspecified atom stereocenters. The van der Waals surface area contributed by atoms with Crippen molar-refractivity contribution >= 4 is 27.5 Å². The molecule has 46 heavy (non-hydrogen) atoms. The predicted molar refractivity (Wildman–Crippen MR) is 172 cm³/mol. The molecule has 6 heterocycles. The van der Waals surface area contributed by atoms with Crippen LogP contribution in [0.3, 0.4) is 0 Å². The van der Waals surface area contributed by atoms with Gasteiger partial charge in [0.1, 0.15) is 41.4 Å². The molecule has 3 saturated heterocycles. The van der Waals surface area contributed by atoms with Crippen LogP contribution < -0.4 is 19.7 Å². The van der Waals surface area contributed by atoms with Gasteiger partial charge in [0, 0.05) is 30.6 Å². The van der Waals surface area contributed by atoms with E-state index in [2.05, 4.69) is 25.1 Å². The summed E-state index contributed by atoms with van der Waals surface area (Å²) in [5.41, 5.74) is -0.580. The monoisotopic (exact) mass is 638 g/mol. The maximum absolute atomic E-state index is 16.7. The van der Waals surface area contributed by atoms with E-state index in [4.69, 9.17) is 14.5 Å². The Kier molecular flexibility index (Phi) is 9.11. The first-order valence-corrected chi connectivity index (χ1v) is 16.4. The van der Waals surface area contributed by atoms with Gasteiger partial charge in [0.25, 0.3) is 0 Å². The lowest BCUT2D eigenvalue weighted by Crippen LogP contribution is -2.53. The number of benzene rings is 2. The second kappa shape index (κ2) is 13.1. The number of nitrogens with zero attached hydrogens (tertiary/aromatic N) is 5. The Morgan fingerprint density at radius 2 is 1.74 bits per heavy atom. The first kappa shape index (κ1) is 32.1. The fraction of sp³-hybridized carbons (Fsp3) is 0.500. The molecule has 0 bridgehead atoms. The highest BCUT2D eigenvalue weighted by Crippen LogP contribution is 2.44. The fourth-order valence-corrected chi connectivity index (χ4v) is 7.25. The van der Waals surface area contributed by atoms with Crippen LogP contribution in [0.25, 0.3) is 32.9 Å². The number of nitrogens with one attached hydrogen (secondary N) is 1.